The van der Waals surface area contributed by atoms with Gasteiger partial charge in [-0.25, -0.2) is 4.79 Å². The standard InChI is InChI=1S/C11H9BrN2O2/c1-2-16-11(15)10-6-7-5-8(12)3-4-9(7)13-14-10/h3-6H,2H2,1H3. The second-order valence-corrected chi connectivity index (χ2v) is 4.07. The lowest BCUT2D eigenvalue weighted by molar-refractivity contribution is 0.0518. The average molecular weight is 281 g/mol. The molecule has 4 nitrogen and oxygen atoms in total. The Labute approximate surface area is 101 Å². The van der Waals surface area contributed by atoms with E-state index in [2.05, 4.69) is 26.1 Å². The summed E-state index contributed by atoms with van der Waals surface area (Å²) in [5.41, 5.74) is 0.976. The van der Waals surface area contributed by atoms with Crippen molar-refractivity contribution < 1.29 is 9.53 Å². The quantitative estimate of drug-likeness (QED) is 0.794. The van der Waals surface area contributed by atoms with Gasteiger partial charge in [0, 0.05) is 9.86 Å². The molecule has 0 aliphatic rings. The van der Waals surface area contributed by atoms with Gasteiger partial charge in [-0.2, -0.15) is 0 Å². The van der Waals surface area contributed by atoms with E-state index in [0.29, 0.717) is 6.61 Å². The molecular weight excluding hydrogens is 272 g/mol. The zero-order valence-electron chi connectivity index (χ0n) is 8.61. The molecule has 0 atom stereocenters. The minimum absolute atomic E-state index is 0.229. The molecule has 0 amide bonds. The first kappa shape index (κ1) is 11.0. The van der Waals surface area contributed by atoms with E-state index in [9.17, 15) is 4.79 Å². The highest BCUT2D eigenvalue weighted by Gasteiger charge is 2.09. The van der Waals surface area contributed by atoms with Crippen LogP contribution in [0.25, 0.3) is 10.9 Å². The van der Waals surface area contributed by atoms with Crippen molar-refractivity contribution in [3.63, 3.8) is 0 Å². The highest BCUT2D eigenvalue weighted by Crippen LogP contribution is 2.18. The number of fused-ring (bicyclic) bond motifs is 1. The highest BCUT2D eigenvalue weighted by atomic mass is 79.9. The zero-order chi connectivity index (χ0) is 11.5. The summed E-state index contributed by atoms with van der Waals surface area (Å²) >= 11 is 3.36. The molecule has 0 saturated carbocycles. The molecule has 1 aromatic heterocycles. The molecule has 0 radical (unpaired) electrons. The van der Waals surface area contributed by atoms with E-state index in [0.717, 1.165) is 15.4 Å². The van der Waals surface area contributed by atoms with Crippen LogP contribution in [-0.2, 0) is 4.74 Å². The monoisotopic (exact) mass is 280 g/mol. The maximum absolute atomic E-state index is 11.4. The number of benzene rings is 1. The lowest BCUT2D eigenvalue weighted by Crippen LogP contribution is -2.07. The van der Waals surface area contributed by atoms with Crippen LogP contribution in [-0.4, -0.2) is 22.8 Å². The first-order valence-electron chi connectivity index (χ1n) is 4.81. The minimum atomic E-state index is -0.447. The number of aromatic nitrogens is 2. The Balaban J connectivity index is 2.46. The summed E-state index contributed by atoms with van der Waals surface area (Å²) in [6.07, 6.45) is 0. The second kappa shape index (κ2) is 4.57. The predicted molar refractivity (Wildman–Crippen MR) is 63.2 cm³/mol. The lowest BCUT2D eigenvalue weighted by atomic mass is 10.2. The number of rotatable bonds is 2. The van der Waals surface area contributed by atoms with Crippen molar-refractivity contribution in [3.8, 4) is 0 Å². The Hall–Kier alpha value is -1.49. The fourth-order valence-electron chi connectivity index (χ4n) is 1.32. The van der Waals surface area contributed by atoms with Gasteiger partial charge in [0.05, 0.1) is 12.1 Å². The molecule has 0 unspecified atom stereocenters. The molecular formula is C11H9BrN2O2. The number of carbonyl (C=O) groups is 1. The topological polar surface area (TPSA) is 52.1 Å². The van der Waals surface area contributed by atoms with Gasteiger partial charge in [0.2, 0.25) is 0 Å². The van der Waals surface area contributed by atoms with Gasteiger partial charge < -0.3 is 4.74 Å². The second-order valence-electron chi connectivity index (χ2n) is 3.15. The van der Waals surface area contributed by atoms with Crippen LogP contribution in [0.3, 0.4) is 0 Å². The van der Waals surface area contributed by atoms with Crippen LogP contribution in [0.5, 0.6) is 0 Å². The molecule has 0 aliphatic carbocycles. The van der Waals surface area contributed by atoms with Crippen molar-refractivity contribution in [1.29, 1.82) is 0 Å². The molecule has 0 saturated heterocycles. The van der Waals surface area contributed by atoms with Crippen molar-refractivity contribution in [1.82, 2.24) is 10.2 Å². The Morgan fingerprint density at radius 1 is 1.38 bits per heavy atom. The summed E-state index contributed by atoms with van der Waals surface area (Å²) in [6.45, 7) is 2.08. The van der Waals surface area contributed by atoms with Gasteiger partial charge in [0.1, 0.15) is 0 Å². The molecule has 0 N–H and O–H groups in total. The maximum Gasteiger partial charge on any atom is 0.358 e. The van der Waals surface area contributed by atoms with E-state index in [4.69, 9.17) is 4.74 Å². The Morgan fingerprint density at radius 2 is 2.19 bits per heavy atom. The van der Waals surface area contributed by atoms with Crippen LogP contribution < -0.4 is 0 Å². The average Bonchev–Trinajstić information content (AvgIpc) is 2.28. The van der Waals surface area contributed by atoms with E-state index < -0.39 is 5.97 Å². The molecule has 0 bridgehead atoms. The van der Waals surface area contributed by atoms with E-state index in [-0.39, 0.29) is 5.69 Å². The number of esters is 1. The summed E-state index contributed by atoms with van der Waals surface area (Å²) in [7, 11) is 0. The number of hydrogen-bond donors (Lipinski definition) is 0. The van der Waals surface area contributed by atoms with E-state index in [1.165, 1.54) is 0 Å². The van der Waals surface area contributed by atoms with Crippen LogP contribution in [0.15, 0.2) is 28.7 Å². The number of hydrogen-bond acceptors (Lipinski definition) is 4. The molecule has 5 heteroatoms. The summed E-state index contributed by atoms with van der Waals surface area (Å²) < 4.78 is 5.79. The molecule has 0 fully saturated rings. The third kappa shape index (κ3) is 2.19. The number of carbonyl (C=O) groups excluding carboxylic acids is 1. The van der Waals surface area contributed by atoms with Gasteiger partial charge in [-0.15, -0.1) is 10.2 Å². The summed E-state index contributed by atoms with van der Waals surface area (Å²) in [5.74, 6) is -0.447. The van der Waals surface area contributed by atoms with Crippen LogP contribution >= 0.6 is 15.9 Å². The lowest BCUT2D eigenvalue weighted by Gasteiger charge is -2.01. The maximum atomic E-state index is 11.4. The summed E-state index contributed by atoms with van der Waals surface area (Å²) in [6, 6.07) is 7.26. The van der Waals surface area contributed by atoms with Gasteiger partial charge in [-0.3, -0.25) is 0 Å². The minimum Gasteiger partial charge on any atom is -0.461 e. The Bertz CT molecular complexity index is 542. The molecule has 0 aliphatic heterocycles. The van der Waals surface area contributed by atoms with Crippen molar-refractivity contribution in [2.45, 2.75) is 6.92 Å². The Kier molecular flexibility index (Phi) is 3.14. The third-order valence-electron chi connectivity index (χ3n) is 2.03. The van der Waals surface area contributed by atoms with Gasteiger partial charge >= 0.3 is 5.97 Å². The number of ether oxygens (including phenoxy) is 1. The molecule has 16 heavy (non-hydrogen) atoms. The normalized spacial score (nSPS) is 10.4. The first-order chi connectivity index (χ1) is 7.70. The van der Waals surface area contributed by atoms with Gasteiger partial charge in [0.25, 0.3) is 0 Å². The molecule has 82 valence electrons. The SMILES string of the molecule is CCOC(=O)c1cc2cc(Br)ccc2nn1. The third-order valence-corrected chi connectivity index (χ3v) is 2.53. The molecule has 2 rings (SSSR count). The first-order valence-corrected chi connectivity index (χ1v) is 5.60. The van der Waals surface area contributed by atoms with E-state index in [1.807, 2.05) is 18.2 Å². The smallest absolute Gasteiger partial charge is 0.358 e. The number of halogens is 1. The van der Waals surface area contributed by atoms with Crippen LogP contribution in [0, 0.1) is 0 Å². The van der Waals surface area contributed by atoms with Crippen LogP contribution in [0.1, 0.15) is 17.4 Å². The molecule has 1 heterocycles. The zero-order valence-corrected chi connectivity index (χ0v) is 10.2. The number of nitrogens with zero attached hydrogens (tertiary/aromatic N) is 2. The molecule has 2 aromatic rings. The highest BCUT2D eigenvalue weighted by molar-refractivity contribution is 9.10. The largest absolute Gasteiger partial charge is 0.461 e. The van der Waals surface area contributed by atoms with E-state index >= 15 is 0 Å². The summed E-state index contributed by atoms with van der Waals surface area (Å²) in [4.78, 5) is 11.4. The van der Waals surface area contributed by atoms with Crippen molar-refractivity contribution in [2.75, 3.05) is 6.61 Å². The summed E-state index contributed by atoms with van der Waals surface area (Å²) in [5, 5.41) is 8.62. The van der Waals surface area contributed by atoms with Crippen LogP contribution in [0.4, 0.5) is 0 Å². The van der Waals surface area contributed by atoms with Crippen LogP contribution in [0.2, 0.25) is 0 Å². The fourth-order valence-corrected chi connectivity index (χ4v) is 1.70. The van der Waals surface area contributed by atoms with Crippen molar-refractivity contribution in [2.24, 2.45) is 0 Å². The van der Waals surface area contributed by atoms with Gasteiger partial charge in [0.15, 0.2) is 5.69 Å². The van der Waals surface area contributed by atoms with Gasteiger partial charge in [-0.1, -0.05) is 15.9 Å². The molecule has 0 spiro atoms. The Morgan fingerprint density at radius 3 is 2.94 bits per heavy atom. The molecule has 1 aromatic carbocycles. The van der Waals surface area contributed by atoms with Gasteiger partial charge in [-0.05, 0) is 31.2 Å². The fraction of sp³-hybridized carbons (Fsp3) is 0.182. The predicted octanol–water partition coefficient (Wildman–Crippen LogP) is 2.57. The van der Waals surface area contributed by atoms with Crippen molar-refractivity contribution >= 4 is 32.8 Å². The van der Waals surface area contributed by atoms with Crippen molar-refractivity contribution in [3.05, 3.63) is 34.4 Å². The van der Waals surface area contributed by atoms with E-state index in [1.54, 1.807) is 13.0 Å².